The molecule has 8 heteroatoms. The number of hydrogen-bond donors (Lipinski definition) is 2. The Morgan fingerprint density at radius 2 is 2.06 bits per heavy atom. The van der Waals surface area contributed by atoms with Crippen LogP contribution in [0.1, 0.15) is 28.0 Å². The number of aromatic amines is 1. The second kappa shape index (κ2) is 10.7. The van der Waals surface area contributed by atoms with Crippen molar-refractivity contribution in [3.63, 3.8) is 0 Å². The van der Waals surface area contributed by atoms with Crippen LogP contribution in [-0.4, -0.2) is 65.9 Å². The first-order chi connectivity index (χ1) is 16.1. The molecule has 1 aromatic carbocycles. The maximum absolute atomic E-state index is 6.06. The zero-order valence-electron chi connectivity index (χ0n) is 20.0. The van der Waals surface area contributed by atoms with E-state index in [1.165, 1.54) is 16.6 Å². The Morgan fingerprint density at radius 1 is 1.24 bits per heavy atom. The number of nitrogens with zero attached hydrogens (tertiary/aromatic N) is 4. The minimum atomic E-state index is 0. The van der Waals surface area contributed by atoms with Gasteiger partial charge in [0.1, 0.15) is 12.4 Å². The summed E-state index contributed by atoms with van der Waals surface area (Å²) in [6.45, 7) is 13.9. The van der Waals surface area contributed by atoms with Crippen molar-refractivity contribution >= 4 is 28.4 Å². The Bertz CT molecular complexity index is 1110. The highest BCUT2D eigenvalue weighted by Gasteiger charge is 2.13. The third-order valence-corrected chi connectivity index (χ3v) is 5.96. The van der Waals surface area contributed by atoms with Crippen LogP contribution in [0.2, 0.25) is 0 Å². The van der Waals surface area contributed by atoms with Crippen molar-refractivity contribution in [1.29, 1.82) is 0 Å². The number of hydrogen-bond acceptors (Lipinski definition) is 7. The predicted molar refractivity (Wildman–Crippen MR) is 138 cm³/mol. The van der Waals surface area contributed by atoms with E-state index in [1.54, 1.807) is 0 Å². The van der Waals surface area contributed by atoms with Crippen molar-refractivity contribution < 1.29 is 12.3 Å². The van der Waals surface area contributed by atoms with E-state index in [1.807, 2.05) is 30.2 Å². The Morgan fingerprint density at radius 3 is 2.82 bits per heavy atom. The van der Waals surface area contributed by atoms with Gasteiger partial charge in [-0.15, -0.1) is 0 Å². The van der Waals surface area contributed by atoms with Gasteiger partial charge in [-0.05, 0) is 51.5 Å². The van der Waals surface area contributed by atoms with Gasteiger partial charge in [0.2, 0.25) is 11.8 Å². The van der Waals surface area contributed by atoms with Gasteiger partial charge in [0.05, 0.1) is 13.2 Å². The largest absolute Gasteiger partial charge is 0.476 e. The van der Waals surface area contributed by atoms with Crippen molar-refractivity contribution in [1.82, 2.24) is 19.9 Å². The van der Waals surface area contributed by atoms with Crippen molar-refractivity contribution in [2.45, 2.75) is 27.7 Å². The van der Waals surface area contributed by atoms with Crippen LogP contribution < -0.4 is 15.0 Å². The lowest BCUT2D eigenvalue weighted by Crippen LogP contribution is -2.38. The van der Waals surface area contributed by atoms with Crippen LogP contribution in [0.25, 0.3) is 10.9 Å². The van der Waals surface area contributed by atoms with Crippen LogP contribution in [0.4, 0.5) is 17.5 Å². The van der Waals surface area contributed by atoms with Crippen molar-refractivity contribution in [2.75, 3.05) is 56.2 Å². The highest BCUT2D eigenvalue weighted by molar-refractivity contribution is 5.88. The van der Waals surface area contributed by atoms with E-state index in [4.69, 9.17) is 14.5 Å². The number of aryl methyl sites for hydroxylation is 2. The van der Waals surface area contributed by atoms with Crippen molar-refractivity contribution in [2.24, 2.45) is 0 Å². The average molecular weight is 455 g/mol. The highest BCUT2D eigenvalue weighted by atomic mass is 16.5. The topological polar surface area (TPSA) is 78.5 Å². The van der Waals surface area contributed by atoms with Crippen LogP contribution in [-0.2, 0) is 4.74 Å². The van der Waals surface area contributed by atoms with Crippen molar-refractivity contribution in [3.05, 3.63) is 47.8 Å². The van der Waals surface area contributed by atoms with Gasteiger partial charge in [0.25, 0.3) is 0 Å². The van der Waals surface area contributed by atoms with E-state index in [2.05, 4.69) is 59.2 Å². The first-order valence-corrected chi connectivity index (χ1v) is 11.6. The lowest BCUT2D eigenvalue weighted by Gasteiger charge is -2.26. The van der Waals surface area contributed by atoms with Gasteiger partial charge in [0, 0.05) is 63.6 Å². The molecule has 3 heterocycles. The Kier molecular flexibility index (Phi) is 7.47. The number of fused-ring (bicyclic) bond motifs is 1. The number of aromatic nitrogens is 3. The Labute approximate surface area is 198 Å². The number of rotatable bonds is 9. The summed E-state index contributed by atoms with van der Waals surface area (Å²) in [5.74, 6) is 1.87. The van der Waals surface area contributed by atoms with Crippen LogP contribution in [0, 0.1) is 13.8 Å². The first kappa shape index (κ1) is 23.1. The molecule has 1 aliphatic rings. The molecule has 0 spiro atoms. The van der Waals surface area contributed by atoms with E-state index in [0.29, 0.717) is 24.3 Å². The summed E-state index contributed by atoms with van der Waals surface area (Å²) < 4.78 is 11.5. The molecule has 2 N–H and O–H groups in total. The second-order valence-electron chi connectivity index (χ2n) is 8.22. The number of nitrogens with one attached hydrogen (secondary N) is 2. The van der Waals surface area contributed by atoms with Gasteiger partial charge in [-0.1, -0.05) is 6.08 Å². The molecule has 0 atom stereocenters. The number of anilines is 3. The lowest BCUT2D eigenvalue weighted by molar-refractivity contribution is 0.0320. The van der Waals surface area contributed by atoms with Gasteiger partial charge in [-0.25, -0.2) is 0 Å². The molecule has 0 unspecified atom stereocenters. The summed E-state index contributed by atoms with van der Waals surface area (Å²) in [4.78, 5) is 17.2. The molecule has 8 nitrogen and oxygen atoms in total. The molecule has 0 saturated carbocycles. The molecular formula is C25H38N6O2. The number of allylic oxidation sites excluding steroid dienone is 1. The molecule has 0 bridgehead atoms. The molecule has 2 aromatic heterocycles. The monoisotopic (exact) mass is 454 g/mol. The quantitative estimate of drug-likeness (QED) is 0.477. The summed E-state index contributed by atoms with van der Waals surface area (Å²) in [5, 5.41) is 4.66. The molecule has 33 heavy (non-hydrogen) atoms. The van der Waals surface area contributed by atoms with Gasteiger partial charge in [0.15, 0.2) is 0 Å². The molecule has 0 aliphatic carbocycles. The van der Waals surface area contributed by atoms with Crippen LogP contribution in [0.3, 0.4) is 0 Å². The zero-order valence-corrected chi connectivity index (χ0v) is 20.0. The fourth-order valence-corrected chi connectivity index (χ4v) is 3.96. The van der Waals surface area contributed by atoms with E-state index in [0.717, 1.165) is 50.6 Å². The van der Waals surface area contributed by atoms with Gasteiger partial charge in [-0.2, -0.15) is 9.97 Å². The molecule has 1 aliphatic heterocycles. The second-order valence-corrected chi connectivity index (χ2v) is 8.22. The molecule has 1 saturated heterocycles. The molecular weight excluding hydrogens is 416 g/mol. The van der Waals surface area contributed by atoms with E-state index < -0.39 is 0 Å². The smallest absolute Gasteiger partial charge is 0.234 e. The van der Waals surface area contributed by atoms with Crippen LogP contribution >= 0.6 is 0 Å². The van der Waals surface area contributed by atoms with E-state index in [9.17, 15) is 0 Å². The predicted octanol–water partition coefficient (Wildman–Crippen LogP) is 4.88. The maximum Gasteiger partial charge on any atom is 0.234 e. The Hall–Kier alpha value is -3.10. The van der Waals surface area contributed by atoms with E-state index in [-0.39, 0.29) is 2.85 Å². The summed E-state index contributed by atoms with van der Waals surface area (Å²) in [6, 6.07) is 8.17. The number of ether oxygens (including phenoxy) is 2. The number of benzene rings is 1. The van der Waals surface area contributed by atoms with Gasteiger partial charge < -0.3 is 24.7 Å². The molecule has 0 radical (unpaired) electrons. The summed E-state index contributed by atoms with van der Waals surface area (Å²) in [5.41, 5.74) is 4.56. The molecule has 3 aromatic rings. The van der Waals surface area contributed by atoms with Gasteiger partial charge in [-0.3, -0.25) is 4.90 Å². The fourth-order valence-electron chi connectivity index (χ4n) is 3.96. The summed E-state index contributed by atoms with van der Waals surface area (Å²) in [6.07, 6.45) is 3.96. The number of H-pyrrole nitrogens is 1. The maximum atomic E-state index is 6.06. The Balaban J connectivity index is 0.00000216. The molecule has 1 fully saturated rings. The van der Waals surface area contributed by atoms with Crippen molar-refractivity contribution in [3.8, 4) is 5.88 Å². The van der Waals surface area contributed by atoms with Crippen LogP contribution in [0.15, 0.2) is 36.5 Å². The average Bonchev–Trinajstić information content (AvgIpc) is 3.11. The SMILES string of the molecule is C/C=C\N(CC)c1nc(Nc2ccc3[nH]c(C)c(C)c3c2)cc(OCCN2CCOCC2)n1.[HH].[HH]. The zero-order chi connectivity index (χ0) is 23.2. The standard InChI is InChI=1S/C25H34N6O2.2H2/c1-5-9-31(6-2)25-28-23(17-24(29-25)33-15-12-30-10-13-32-14-11-30)27-20-7-8-22-21(16-20)18(3)19(4)26-22;;/h5,7-9,16-17,26H,6,10-15H2,1-4H3,(H,27,28,29);2*1H/b9-5-;;. The summed E-state index contributed by atoms with van der Waals surface area (Å²) in [7, 11) is 0. The van der Waals surface area contributed by atoms with E-state index >= 15 is 0 Å². The van der Waals surface area contributed by atoms with Crippen LogP contribution in [0.5, 0.6) is 5.88 Å². The molecule has 180 valence electrons. The molecule has 4 rings (SSSR count). The molecule has 0 amide bonds. The fraction of sp³-hybridized carbons (Fsp3) is 0.440. The first-order valence-electron chi connectivity index (χ1n) is 11.6. The lowest BCUT2D eigenvalue weighted by atomic mass is 10.1. The third kappa shape index (κ3) is 5.64. The minimum Gasteiger partial charge on any atom is -0.476 e. The highest BCUT2D eigenvalue weighted by Crippen LogP contribution is 2.27. The third-order valence-electron chi connectivity index (χ3n) is 5.96. The normalized spacial score (nSPS) is 14.8. The van der Waals surface area contributed by atoms with Gasteiger partial charge >= 0.3 is 0 Å². The minimum absolute atomic E-state index is 0. The summed E-state index contributed by atoms with van der Waals surface area (Å²) >= 11 is 0. The number of morpholine rings is 1.